The molecule has 0 aliphatic carbocycles. The smallest absolute Gasteiger partial charge is 0.326 e. The molecule has 0 aliphatic rings. The Morgan fingerprint density at radius 1 is 0.933 bits per heavy atom. The number of rotatable bonds is 6. The van der Waals surface area contributed by atoms with Crippen LogP contribution in [0.3, 0.4) is 0 Å². The van der Waals surface area contributed by atoms with Gasteiger partial charge in [-0.1, -0.05) is 59.1 Å². The fourth-order valence-electron chi connectivity index (χ4n) is 2.83. The Balaban J connectivity index is 1.68. The largest absolute Gasteiger partial charge is 0.350 e. The first-order valence-electron chi connectivity index (χ1n) is 9.37. The van der Waals surface area contributed by atoms with Crippen LogP contribution in [-0.4, -0.2) is 25.0 Å². The minimum absolute atomic E-state index is 0.244. The maximum absolute atomic E-state index is 12.9. The second kappa shape index (κ2) is 10.1. The number of nitrogens with one attached hydrogen (secondary N) is 2. The molecule has 0 aromatic heterocycles. The number of amides is 3. The van der Waals surface area contributed by atoms with Crippen molar-refractivity contribution >= 4 is 46.5 Å². The number of anilines is 2. The highest BCUT2D eigenvalue weighted by Crippen LogP contribution is 2.21. The lowest BCUT2D eigenvalue weighted by atomic mass is 10.2. The molecule has 0 saturated heterocycles. The van der Waals surface area contributed by atoms with Crippen LogP contribution in [-0.2, 0) is 0 Å². The zero-order chi connectivity index (χ0) is 21.5. The number of carbonyl (C=O) groups excluding carboxylic acids is 2. The van der Waals surface area contributed by atoms with Crippen LogP contribution in [0.4, 0.5) is 16.2 Å². The number of nitrogens with zero attached hydrogens (tertiary/aromatic N) is 1. The number of hydrogen-bond donors (Lipinski definition) is 2. The number of halogens is 2. The van der Waals surface area contributed by atoms with E-state index in [0.29, 0.717) is 16.3 Å². The summed E-state index contributed by atoms with van der Waals surface area (Å²) in [4.78, 5) is 26.9. The number of hydrogen-bond acceptors (Lipinski definition) is 2. The second-order valence-electron chi connectivity index (χ2n) is 6.66. The van der Waals surface area contributed by atoms with Crippen LogP contribution in [0.5, 0.6) is 0 Å². The van der Waals surface area contributed by atoms with Crippen molar-refractivity contribution in [1.82, 2.24) is 5.32 Å². The van der Waals surface area contributed by atoms with Gasteiger partial charge in [-0.05, 0) is 49.4 Å². The fourth-order valence-corrected chi connectivity index (χ4v) is 3.33. The van der Waals surface area contributed by atoms with Crippen LogP contribution in [0.1, 0.15) is 15.9 Å². The molecule has 154 valence electrons. The first kappa shape index (κ1) is 21.7. The van der Waals surface area contributed by atoms with Gasteiger partial charge in [0.15, 0.2) is 0 Å². The highest BCUT2D eigenvalue weighted by molar-refractivity contribution is 6.36. The van der Waals surface area contributed by atoms with Crippen molar-refractivity contribution in [3.63, 3.8) is 0 Å². The number of urea groups is 1. The summed E-state index contributed by atoms with van der Waals surface area (Å²) in [6.45, 7) is 2.50. The lowest BCUT2D eigenvalue weighted by molar-refractivity contribution is 0.0954. The maximum Gasteiger partial charge on any atom is 0.326 e. The van der Waals surface area contributed by atoms with Gasteiger partial charge in [-0.25, -0.2) is 4.79 Å². The highest BCUT2D eigenvalue weighted by atomic mass is 35.5. The van der Waals surface area contributed by atoms with Gasteiger partial charge in [-0.2, -0.15) is 0 Å². The first-order chi connectivity index (χ1) is 14.4. The molecule has 0 aliphatic heterocycles. The summed E-state index contributed by atoms with van der Waals surface area (Å²) in [6, 6.07) is 21.2. The number of aryl methyl sites for hydroxylation is 1. The molecule has 0 saturated carbocycles. The molecule has 0 bridgehead atoms. The molecule has 3 amide bonds. The van der Waals surface area contributed by atoms with Gasteiger partial charge in [0.05, 0.1) is 10.6 Å². The number of carbonyl (C=O) groups is 2. The quantitative estimate of drug-likeness (QED) is 0.509. The highest BCUT2D eigenvalue weighted by Gasteiger charge is 2.17. The minimum Gasteiger partial charge on any atom is -0.350 e. The summed E-state index contributed by atoms with van der Waals surface area (Å²) in [5.41, 5.74) is 2.86. The van der Waals surface area contributed by atoms with Crippen LogP contribution in [0.2, 0.25) is 10.0 Å². The van der Waals surface area contributed by atoms with E-state index in [9.17, 15) is 9.59 Å². The van der Waals surface area contributed by atoms with Crippen LogP contribution >= 0.6 is 23.2 Å². The van der Waals surface area contributed by atoms with Crippen LogP contribution < -0.4 is 15.5 Å². The molecule has 5 nitrogen and oxygen atoms in total. The predicted octanol–water partition coefficient (Wildman–Crippen LogP) is 5.77. The summed E-state index contributed by atoms with van der Waals surface area (Å²) in [7, 11) is 0. The van der Waals surface area contributed by atoms with Gasteiger partial charge < -0.3 is 10.6 Å². The zero-order valence-corrected chi connectivity index (χ0v) is 17.9. The molecular formula is C23H21Cl2N3O2. The van der Waals surface area contributed by atoms with E-state index in [2.05, 4.69) is 10.6 Å². The van der Waals surface area contributed by atoms with Crippen molar-refractivity contribution in [1.29, 1.82) is 0 Å². The molecule has 0 spiro atoms. The minimum atomic E-state index is -0.330. The molecular weight excluding hydrogens is 421 g/mol. The molecule has 0 fully saturated rings. The molecule has 3 aromatic carbocycles. The Hall–Kier alpha value is -3.02. The topological polar surface area (TPSA) is 61.4 Å². The lowest BCUT2D eigenvalue weighted by Gasteiger charge is -2.23. The van der Waals surface area contributed by atoms with E-state index < -0.39 is 0 Å². The van der Waals surface area contributed by atoms with Crippen LogP contribution in [0.25, 0.3) is 0 Å². The lowest BCUT2D eigenvalue weighted by Crippen LogP contribution is -2.41. The van der Waals surface area contributed by atoms with E-state index in [4.69, 9.17) is 23.2 Å². The van der Waals surface area contributed by atoms with Crippen molar-refractivity contribution in [2.45, 2.75) is 6.92 Å². The van der Waals surface area contributed by atoms with Gasteiger partial charge in [0, 0.05) is 29.5 Å². The number of benzene rings is 3. The third-order valence-corrected chi connectivity index (χ3v) is 4.96. The van der Waals surface area contributed by atoms with Crippen LogP contribution in [0, 0.1) is 6.92 Å². The first-order valence-corrected chi connectivity index (χ1v) is 10.1. The number of para-hydroxylation sites is 1. The monoisotopic (exact) mass is 441 g/mol. The summed E-state index contributed by atoms with van der Waals surface area (Å²) < 4.78 is 0. The van der Waals surface area contributed by atoms with Crippen molar-refractivity contribution in [2.75, 3.05) is 23.3 Å². The van der Waals surface area contributed by atoms with Gasteiger partial charge in [-0.15, -0.1) is 0 Å². The second-order valence-corrected chi connectivity index (χ2v) is 7.51. The molecule has 2 N–H and O–H groups in total. The molecule has 7 heteroatoms. The molecule has 0 heterocycles. The van der Waals surface area contributed by atoms with Gasteiger partial charge in [0.2, 0.25) is 0 Å². The zero-order valence-electron chi connectivity index (χ0n) is 16.4. The van der Waals surface area contributed by atoms with E-state index >= 15 is 0 Å². The van der Waals surface area contributed by atoms with E-state index in [-0.39, 0.29) is 30.1 Å². The van der Waals surface area contributed by atoms with E-state index in [1.165, 1.54) is 6.07 Å². The van der Waals surface area contributed by atoms with Gasteiger partial charge in [0.25, 0.3) is 5.91 Å². The Labute approximate surface area is 185 Å². The van der Waals surface area contributed by atoms with Crippen molar-refractivity contribution < 1.29 is 9.59 Å². The van der Waals surface area contributed by atoms with Gasteiger partial charge in [0.1, 0.15) is 0 Å². The standard InChI is InChI=1S/C23H21Cl2N3O2/c1-16-7-10-18(11-8-16)27-23(30)28(19-5-3-2-4-6-19)14-13-26-22(29)20-12-9-17(24)15-21(20)25/h2-12,15H,13-14H2,1H3,(H,26,29)(H,27,30). The average molecular weight is 442 g/mol. The predicted molar refractivity (Wildman–Crippen MR) is 123 cm³/mol. The third kappa shape index (κ3) is 5.75. The van der Waals surface area contributed by atoms with Crippen molar-refractivity contribution in [3.8, 4) is 0 Å². The third-order valence-electron chi connectivity index (χ3n) is 4.41. The Morgan fingerprint density at radius 2 is 1.63 bits per heavy atom. The molecule has 0 radical (unpaired) electrons. The maximum atomic E-state index is 12.9. The molecule has 3 aromatic rings. The average Bonchev–Trinajstić information content (AvgIpc) is 2.73. The van der Waals surface area contributed by atoms with Gasteiger partial charge >= 0.3 is 6.03 Å². The summed E-state index contributed by atoms with van der Waals surface area (Å²) in [6.07, 6.45) is 0. The Bertz CT molecular complexity index is 1020. The molecule has 0 unspecified atom stereocenters. The van der Waals surface area contributed by atoms with E-state index in [1.54, 1.807) is 17.0 Å². The van der Waals surface area contributed by atoms with Crippen molar-refractivity contribution in [2.24, 2.45) is 0 Å². The van der Waals surface area contributed by atoms with Crippen LogP contribution in [0.15, 0.2) is 72.8 Å². The van der Waals surface area contributed by atoms with E-state index in [1.807, 2.05) is 61.5 Å². The normalized spacial score (nSPS) is 10.4. The summed E-state index contributed by atoms with van der Waals surface area (Å²) >= 11 is 12.0. The molecule has 3 rings (SSSR count). The SMILES string of the molecule is Cc1ccc(NC(=O)N(CCNC(=O)c2ccc(Cl)cc2Cl)c2ccccc2)cc1. The Kier molecular flexibility index (Phi) is 7.33. The summed E-state index contributed by atoms with van der Waals surface area (Å²) in [5.74, 6) is -0.330. The fraction of sp³-hybridized carbons (Fsp3) is 0.130. The summed E-state index contributed by atoms with van der Waals surface area (Å²) in [5, 5.41) is 6.42. The van der Waals surface area contributed by atoms with Crippen molar-refractivity contribution in [3.05, 3.63) is 94.0 Å². The molecule has 30 heavy (non-hydrogen) atoms. The Morgan fingerprint density at radius 3 is 2.30 bits per heavy atom. The molecule has 0 atom stereocenters. The van der Waals surface area contributed by atoms with E-state index in [0.717, 1.165) is 11.3 Å². The van der Waals surface area contributed by atoms with Gasteiger partial charge in [-0.3, -0.25) is 9.69 Å².